The van der Waals surface area contributed by atoms with Crippen molar-refractivity contribution >= 4 is 23.4 Å². The van der Waals surface area contributed by atoms with Gasteiger partial charge in [-0.3, -0.25) is 4.79 Å². The number of ketones is 1. The van der Waals surface area contributed by atoms with Crippen molar-refractivity contribution < 1.29 is 46.1 Å². The number of Topliss-reactive ketones (excluding diaryl/α,β-unsaturated/α-hetero) is 1. The van der Waals surface area contributed by atoms with Crippen LogP contribution in [0.4, 0.5) is 38.0 Å². The molecule has 2 aliphatic rings. The Morgan fingerprint density at radius 2 is 1.13 bits per heavy atom. The van der Waals surface area contributed by atoms with E-state index in [2.05, 4.69) is 20.8 Å². The molecule has 0 fully saturated rings. The maximum atomic E-state index is 13.3. The number of hydrogen-bond donors (Lipinski definition) is 4. The number of carbonyl (C=O) groups is 2. The van der Waals surface area contributed by atoms with Gasteiger partial charge in [-0.15, -0.1) is 0 Å². The number of rotatable bonds is 4. The zero-order valence-electron chi connectivity index (χ0n) is 25.1. The number of aromatic nitrogens is 4. The molecule has 0 amide bonds. The SMILES string of the molecule is CC(=O)c1cnn2c1NC(c1ccccc1)CC2C(F)(F)F.CCO.O=C(O)c1cnn2c1NC(c1ccccc1)CC2C(F)(F)F. The van der Waals surface area contributed by atoms with Gasteiger partial charge in [0.2, 0.25) is 0 Å². The lowest BCUT2D eigenvalue weighted by atomic mass is 9.96. The minimum atomic E-state index is -4.51. The molecule has 0 saturated carbocycles. The van der Waals surface area contributed by atoms with Gasteiger partial charge < -0.3 is 20.8 Å². The number of aliphatic hydroxyl groups excluding tert-OH is 1. The van der Waals surface area contributed by atoms with E-state index in [9.17, 15) is 35.9 Å². The normalized spacial score (nSPS) is 20.1. The molecule has 4 unspecified atom stereocenters. The van der Waals surface area contributed by atoms with Crippen LogP contribution in [0.2, 0.25) is 0 Å². The molecule has 0 spiro atoms. The fraction of sp³-hybridized carbons (Fsp3) is 0.355. The maximum Gasteiger partial charge on any atom is 0.410 e. The Morgan fingerprint density at radius 1 is 0.766 bits per heavy atom. The predicted molar refractivity (Wildman–Crippen MR) is 159 cm³/mol. The smallest absolute Gasteiger partial charge is 0.410 e. The fourth-order valence-electron chi connectivity index (χ4n) is 5.35. The van der Waals surface area contributed by atoms with Crippen molar-refractivity contribution in [3.8, 4) is 0 Å². The molecule has 4 atom stereocenters. The first-order chi connectivity index (χ1) is 22.2. The van der Waals surface area contributed by atoms with Gasteiger partial charge in [-0.25, -0.2) is 14.2 Å². The molecule has 2 aromatic heterocycles. The number of hydrogen-bond acceptors (Lipinski definition) is 7. The van der Waals surface area contributed by atoms with E-state index in [4.69, 9.17) is 10.2 Å². The Kier molecular flexibility index (Phi) is 10.6. The van der Waals surface area contributed by atoms with Crippen molar-refractivity contribution in [2.75, 3.05) is 17.2 Å². The van der Waals surface area contributed by atoms with Crippen LogP contribution in [0.5, 0.6) is 0 Å². The highest BCUT2D eigenvalue weighted by Crippen LogP contribution is 2.45. The number of carbonyl (C=O) groups excluding carboxylic acids is 1. The molecule has 47 heavy (non-hydrogen) atoms. The standard InChI is InChI=1S/C15H14F3N3O.C14H12F3N3O2.C2H6O/c1-9(22)11-8-19-21-13(15(16,17)18)7-12(20-14(11)21)10-5-3-2-4-6-10;15-14(16,17)11-6-10(8-4-2-1-3-5-8)19-12-9(13(21)22)7-18-20(11)12;1-2-3/h2-6,8,12-13,20H,7H2,1H3;1-5,7,10-11,19H,6H2,(H,21,22);3H,2H2,1H3. The van der Waals surface area contributed by atoms with Gasteiger partial charge >= 0.3 is 18.3 Å². The van der Waals surface area contributed by atoms with Crippen LogP contribution < -0.4 is 10.6 Å². The molecule has 0 radical (unpaired) electrons. The topological polar surface area (TPSA) is 134 Å². The van der Waals surface area contributed by atoms with Crippen molar-refractivity contribution in [1.29, 1.82) is 0 Å². The van der Waals surface area contributed by atoms with Crippen molar-refractivity contribution in [2.24, 2.45) is 0 Å². The molecule has 2 aliphatic heterocycles. The quantitative estimate of drug-likeness (QED) is 0.135. The van der Waals surface area contributed by atoms with E-state index in [1.165, 1.54) is 13.1 Å². The number of aromatic carboxylic acids is 1. The number of anilines is 2. The van der Waals surface area contributed by atoms with E-state index in [-0.39, 0.29) is 48.0 Å². The van der Waals surface area contributed by atoms with Crippen molar-refractivity contribution in [1.82, 2.24) is 19.6 Å². The molecular weight excluding hydrogens is 634 g/mol. The molecule has 4 aromatic rings. The summed E-state index contributed by atoms with van der Waals surface area (Å²) in [4.78, 5) is 22.8. The summed E-state index contributed by atoms with van der Waals surface area (Å²) in [6.45, 7) is 3.24. The Labute approximate surface area is 265 Å². The number of halogens is 6. The number of fused-ring (bicyclic) bond motifs is 2. The second kappa shape index (κ2) is 14.3. The van der Waals surface area contributed by atoms with Crippen LogP contribution in [0.3, 0.4) is 0 Å². The van der Waals surface area contributed by atoms with E-state index >= 15 is 0 Å². The van der Waals surface area contributed by atoms with Crippen molar-refractivity contribution in [3.05, 3.63) is 95.3 Å². The van der Waals surface area contributed by atoms with Crippen LogP contribution in [0.15, 0.2) is 73.1 Å². The summed E-state index contributed by atoms with van der Waals surface area (Å²) < 4.78 is 81.5. The van der Waals surface area contributed by atoms with Gasteiger partial charge in [0.05, 0.1) is 30.0 Å². The number of benzene rings is 2. The minimum absolute atomic E-state index is 0.116. The summed E-state index contributed by atoms with van der Waals surface area (Å²) in [6, 6.07) is 12.8. The Bertz CT molecular complexity index is 1530. The monoisotopic (exact) mass is 666 g/mol. The summed E-state index contributed by atoms with van der Waals surface area (Å²) in [5.41, 5.74) is 1.32. The van der Waals surface area contributed by atoms with E-state index in [0.717, 1.165) is 16.4 Å². The fourth-order valence-corrected chi connectivity index (χ4v) is 5.35. The first kappa shape index (κ1) is 35.0. The molecule has 0 bridgehead atoms. The number of aliphatic hydroxyl groups is 1. The second-order valence-corrected chi connectivity index (χ2v) is 10.7. The maximum absolute atomic E-state index is 13.3. The molecule has 10 nitrogen and oxygen atoms in total. The van der Waals surface area contributed by atoms with E-state index < -0.39 is 42.5 Å². The van der Waals surface area contributed by atoms with Gasteiger partial charge in [0.15, 0.2) is 17.9 Å². The highest BCUT2D eigenvalue weighted by atomic mass is 19.4. The first-order valence-corrected chi connectivity index (χ1v) is 14.4. The van der Waals surface area contributed by atoms with E-state index in [0.29, 0.717) is 10.2 Å². The molecule has 0 aliphatic carbocycles. The van der Waals surface area contributed by atoms with E-state index in [1.54, 1.807) is 67.6 Å². The number of nitrogens with zero attached hydrogens (tertiary/aromatic N) is 4. The van der Waals surface area contributed by atoms with Gasteiger partial charge in [-0.05, 0) is 25.0 Å². The Balaban J connectivity index is 0.000000197. The molecule has 16 heteroatoms. The highest BCUT2D eigenvalue weighted by molar-refractivity contribution is 5.98. The van der Waals surface area contributed by atoms with Crippen LogP contribution in [0.1, 0.15) is 82.7 Å². The molecule has 2 aromatic carbocycles. The zero-order valence-corrected chi connectivity index (χ0v) is 25.1. The lowest BCUT2D eigenvalue weighted by molar-refractivity contribution is -0.174. The van der Waals surface area contributed by atoms with Crippen LogP contribution in [-0.4, -0.2) is 60.5 Å². The third kappa shape index (κ3) is 7.93. The predicted octanol–water partition coefficient (Wildman–Crippen LogP) is 6.99. The third-order valence-corrected chi connectivity index (χ3v) is 7.49. The van der Waals surface area contributed by atoms with Crippen LogP contribution in [0, 0.1) is 0 Å². The lowest BCUT2D eigenvalue weighted by Crippen LogP contribution is -2.36. The second-order valence-electron chi connectivity index (χ2n) is 10.7. The average Bonchev–Trinajstić information content (AvgIpc) is 3.66. The van der Waals surface area contributed by atoms with Gasteiger partial charge in [0.1, 0.15) is 17.2 Å². The minimum Gasteiger partial charge on any atom is -0.477 e. The molecule has 4 N–H and O–H groups in total. The van der Waals surface area contributed by atoms with Gasteiger partial charge in [0, 0.05) is 19.4 Å². The summed E-state index contributed by atoms with van der Waals surface area (Å²) in [5.74, 6) is -1.61. The third-order valence-electron chi connectivity index (χ3n) is 7.49. The first-order valence-electron chi connectivity index (χ1n) is 14.4. The number of carboxylic acid groups (broad SMARTS) is 1. The number of carboxylic acids is 1. The summed E-state index contributed by atoms with van der Waals surface area (Å²) in [5, 5.41) is 29.9. The lowest BCUT2D eigenvalue weighted by Gasteiger charge is -2.34. The molecule has 252 valence electrons. The molecular formula is C31H32F6N6O4. The van der Waals surface area contributed by atoms with Gasteiger partial charge in [0.25, 0.3) is 0 Å². The highest BCUT2D eigenvalue weighted by Gasteiger charge is 2.48. The molecule has 0 saturated heterocycles. The molecule has 4 heterocycles. The zero-order chi connectivity index (χ0) is 34.5. The largest absolute Gasteiger partial charge is 0.477 e. The average molecular weight is 667 g/mol. The molecule has 6 rings (SSSR count). The summed E-state index contributed by atoms with van der Waals surface area (Å²) in [7, 11) is 0. The number of alkyl halides is 6. The summed E-state index contributed by atoms with van der Waals surface area (Å²) >= 11 is 0. The van der Waals surface area contributed by atoms with Crippen LogP contribution in [-0.2, 0) is 0 Å². The summed E-state index contributed by atoms with van der Waals surface area (Å²) in [6.07, 6.45) is -7.22. The van der Waals surface area contributed by atoms with Gasteiger partial charge in [-0.1, -0.05) is 60.7 Å². The van der Waals surface area contributed by atoms with Gasteiger partial charge in [-0.2, -0.15) is 36.5 Å². The van der Waals surface area contributed by atoms with Crippen LogP contribution >= 0.6 is 0 Å². The van der Waals surface area contributed by atoms with Crippen LogP contribution in [0.25, 0.3) is 0 Å². The van der Waals surface area contributed by atoms with E-state index in [1.807, 2.05) is 0 Å². The van der Waals surface area contributed by atoms with Crippen molar-refractivity contribution in [3.63, 3.8) is 0 Å². The number of nitrogens with one attached hydrogen (secondary N) is 2. The Morgan fingerprint density at radius 3 is 1.47 bits per heavy atom. The Hall–Kier alpha value is -4.86. The van der Waals surface area contributed by atoms with Crippen molar-refractivity contribution in [2.45, 2.75) is 63.2 Å².